The van der Waals surface area contributed by atoms with Crippen molar-refractivity contribution in [3.8, 4) is 5.75 Å². The number of amidine groups is 1. The van der Waals surface area contributed by atoms with Crippen LogP contribution in [-0.4, -0.2) is 43.8 Å². The summed E-state index contributed by atoms with van der Waals surface area (Å²) in [6.07, 6.45) is 5.69. The second-order valence-corrected chi connectivity index (χ2v) is 8.58. The third-order valence-electron chi connectivity index (χ3n) is 6.27. The molecule has 1 atom stereocenters. The first-order valence-corrected chi connectivity index (χ1v) is 11.1. The van der Waals surface area contributed by atoms with Gasteiger partial charge in [0.2, 0.25) is 0 Å². The van der Waals surface area contributed by atoms with Crippen LogP contribution in [0.25, 0.3) is 0 Å². The number of hydrazone groups is 1. The molecule has 0 saturated heterocycles. The number of methoxy groups -OCH3 is 1. The molecule has 164 valence electrons. The predicted molar refractivity (Wildman–Crippen MR) is 126 cm³/mol. The molecule has 1 heterocycles. The quantitative estimate of drug-likeness (QED) is 0.671. The Kier molecular flexibility index (Phi) is 6.16. The highest BCUT2D eigenvalue weighted by atomic mass is 16.5. The van der Waals surface area contributed by atoms with Gasteiger partial charge < -0.3 is 14.5 Å². The van der Waals surface area contributed by atoms with Crippen molar-refractivity contribution in [2.45, 2.75) is 51.2 Å². The first-order valence-electron chi connectivity index (χ1n) is 11.1. The second-order valence-electron chi connectivity index (χ2n) is 8.58. The molecule has 2 aliphatic rings. The number of ether oxygens (including phenoxy) is 1. The molecule has 2 aromatic carbocycles. The van der Waals surface area contributed by atoms with Crippen LogP contribution >= 0.6 is 0 Å². The number of rotatable bonds is 6. The molecule has 0 aromatic heterocycles. The lowest BCUT2D eigenvalue weighted by Gasteiger charge is -2.39. The van der Waals surface area contributed by atoms with Crippen molar-refractivity contribution >= 4 is 23.0 Å². The fourth-order valence-corrected chi connectivity index (χ4v) is 4.61. The Morgan fingerprint density at radius 3 is 2.19 bits per heavy atom. The summed E-state index contributed by atoms with van der Waals surface area (Å²) in [5.41, 5.74) is 3.22. The molecule has 1 unspecified atom stereocenters. The van der Waals surface area contributed by atoms with E-state index in [1.54, 1.807) is 14.0 Å². The summed E-state index contributed by atoms with van der Waals surface area (Å²) in [5.74, 6) is 1.37. The van der Waals surface area contributed by atoms with Crippen molar-refractivity contribution in [3.63, 3.8) is 0 Å². The van der Waals surface area contributed by atoms with Crippen LogP contribution in [0, 0.1) is 0 Å². The Morgan fingerprint density at radius 2 is 1.65 bits per heavy atom. The highest BCUT2D eigenvalue weighted by molar-refractivity contribution is 6.38. The van der Waals surface area contributed by atoms with Gasteiger partial charge in [-0.1, -0.05) is 31.4 Å². The molecule has 0 N–H and O–H groups in total. The summed E-state index contributed by atoms with van der Waals surface area (Å²) in [6.45, 7) is 1.62. The third kappa shape index (κ3) is 4.24. The van der Waals surface area contributed by atoms with Gasteiger partial charge in [-0.05, 0) is 54.8 Å². The molecule has 2 aromatic rings. The van der Waals surface area contributed by atoms with Crippen molar-refractivity contribution in [2.75, 3.05) is 31.1 Å². The van der Waals surface area contributed by atoms with Crippen LogP contribution in [0.2, 0.25) is 0 Å². The Balaban J connectivity index is 1.78. The first kappa shape index (κ1) is 21.2. The molecule has 1 aliphatic heterocycles. The summed E-state index contributed by atoms with van der Waals surface area (Å²) in [7, 11) is 5.75. The van der Waals surface area contributed by atoms with Crippen molar-refractivity contribution < 1.29 is 9.53 Å². The zero-order valence-electron chi connectivity index (χ0n) is 18.9. The van der Waals surface area contributed by atoms with E-state index in [0.717, 1.165) is 35.5 Å². The van der Waals surface area contributed by atoms with E-state index in [1.807, 2.05) is 43.4 Å². The summed E-state index contributed by atoms with van der Waals surface area (Å²) >= 11 is 0. The molecule has 6 heteroatoms. The van der Waals surface area contributed by atoms with Crippen LogP contribution in [0.1, 0.15) is 50.8 Å². The van der Waals surface area contributed by atoms with Crippen LogP contribution in [0.4, 0.5) is 11.4 Å². The van der Waals surface area contributed by atoms with Crippen LogP contribution in [-0.2, 0) is 4.79 Å². The highest BCUT2D eigenvalue weighted by Gasteiger charge is 2.42. The zero-order valence-corrected chi connectivity index (χ0v) is 18.9. The molecule has 31 heavy (non-hydrogen) atoms. The summed E-state index contributed by atoms with van der Waals surface area (Å²) in [5, 5.41) is 6.86. The largest absolute Gasteiger partial charge is 0.497 e. The predicted octanol–water partition coefficient (Wildman–Crippen LogP) is 4.82. The maximum Gasteiger partial charge on any atom is 0.196 e. The average Bonchev–Trinajstić information content (AvgIpc) is 3.21. The minimum atomic E-state index is -0.147. The van der Waals surface area contributed by atoms with Gasteiger partial charge in [0, 0.05) is 32.7 Å². The van der Waals surface area contributed by atoms with Gasteiger partial charge in [-0.2, -0.15) is 0 Å². The van der Waals surface area contributed by atoms with E-state index in [9.17, 15) is 4.79 Å². The smallest absolute Gasteiger partial charge is 0.196 e. The van der Waals surface area contributed by atoms with Crippen LogP contribution in [0.15, 0.2) is 53.6 Å². The SMILES string of the molecule is COc1ccc(N2N=C(C(C)=O)N(C3CCCCC3)C2c2ccc(N(C)C)cc2)cc1. The van der Waals surface area contributed by atoms with Crippen LogP contribution < -0.4 is 14.6 Å². The number of hydrogen-bond donors (Lipinski definition) is 0. The number of nitrogens with zero attached hydrogens (tertiary/aromatic N) is 4. The zero-order chi connectivity index (χ0) is 22.0. The van der Waals surface area contributed by atoms with Gasteiger partial charge in [-0.15, -0.1) is 5.10 Å². The number of carbonyl (C=O) groups is 1. The fourth-order valence-electron chi connectivity index (χ4n) is 4.61. The highest BCUT2D eigenvalue weighted by Crippen LogP contribution is 2.40. The number of anilines is 2. The number of carbonyl (C=O) groups excluding carboxylic acids is 1. The number of hydrogen-bond acceptors (Lipinski definition) is 6. The first-order chi connectivity index (χ1) is 15.0. The lowest BCUT2D eigenvalue weighted by molar-refractivity contribution is -0.111. The Hall–Kier alpha value is -3.02. The molecule has 4 rings (SSSR count). The monoisotopic (exact) mass is 420 g/mol. The maximum atomic E-state index is 12.7. The number of ketones is 1. The van der Waals surface area contributed by atoms with Gasteiger partial charge in [0.1, 0.15) is 5.75 Å². The van der Waals surface area contributed by atoms with Gasteiger partial charge in [-0.3, -0.25) is 4.79 Å². The number of benzene rings is 2. The molecule has 1 saturated carbocycles. The van der Waals surface area contributed by atoms with Gasteiger partial charge in [0.15, 0.2) is 17.8 Å². The molecular formula is C25H32N4O2. The van der Waals surface area contributed by atoms with E-state index in [0.29, 0.717) is 11.9 Å². The van der Waals surface area contributed by atoms with Crippen molar-refractivity contribution in [1.29, 1.82) is 0 Å². The van der Waals surface area contributed by atoms with E-state index in [4.69, 9.17) is 9.84 Å². The van der Waals surface area contributed by atoms with E-state index >= 15 is 0 Å². The topological polar surface area (TPSA) is 48.4 Å². The Labute approximate surface area is 185 Å². The van der Waals surface area contributed by atoms with Gasteiger partial charge in [-0.25, -0.2) is 5.01 Å². The molecule has 0 bridgehead atoms. The van der Waals surface area contributed by atoms with Crippen molar-refractivity contribution in [1.82, 2.24) is 4.90 Å². The van der Waals surface area contributed by atoms with Crippen molar-refractivity contribution in [3.05, 3.63) is 54.1 Å². The van der Waals surface area contributed by atoms with E-state index in [-0.39, 0.29) is 11.9 Å². The second kappa shape index (κ2) is 9.00. The Bertz CT molecular complexity index is 931. The normalized spacial score (nSPS) is 19.4. The lowest BCUT2D eigenvalue weighted by atomic mass is 9.92. The minimum absolute atomic E-state index is 0.0106. The summed E-state index contributed by atoms with van der Waals surface area (Å²) in [4.78, 5) is 17.0. The van der Waals surface area contributed by atoms with Gasteiger partial charge in [0.25, 0.3) is 0 Å². The van der Waals surface area contributed by atoms with Gasteiger partial charge >= 0.3 is 0 Å². The molecule has 0 amide bonds. The molecule has 1 fully saturated rings. The number of Topliss-reactive ketones (excluding diaryl/α,β-unsaturated/α-hetero) is 1. The minimum Gasteiger partial charge on any atom is -0.497 e. The maximum absolute atomic E-state index is 12.7. The van der Waals surface area contributed by atoms with Crippen molar-refractivity contribution in [2.24, 2.45) is 5.10 Å². The molecular weight excluding hydrogens is 388 g/mol. The third-order valence-corrected chi connectivity index (χ3v) is 6.27. The van der Waals surface area contributed by atoms with E-state index < -0.39 is 0 Å². The Morgan fingerprint density at radius 1 is 1.00 bits per heavy atom. The average molecular weight is 421 g/mol. The fraction of sp³-hybridized carbons (Fsp3) is 0.440. The molecule has 1 aliphatic carbocycles. The van der Waals surface area contributed by atoms with Gasteiger partial charge in [0.05, 0.1) is 12.8 Å². The van der Waals surface area contributed by atoms with E-state index in [1.165, 1.54) is 19.3 Å². The summed E-state index contributed by atoms with van der Waals surface area (Å²) in [6, 6.07) is 16.8. The lowest BCUT2D eigenvalue weighted by Crippen LogP contribution is -2.45. The summed E-state index contributed by atoms with van der Waals surface area (Å²) < 4.78 is 5.33. The molecule has 0 radical (unpaired) electrons. The van der Waals surface area contributed by atoms with Crippen LogP contribution in [0.5, 0.6) is 5.75 Å². The van der Waals surface area contributed by atoms with Crippen LogP contribution in [0.3, 0.4) is 0 Å². The molecule has 0 spiro atoms. The standard InChI is InChI=1S/C25H32N4O2/c1-18(30)24-26-29(22-14-16-23(31-4)17-15-22)25(28(24)21-8-6-5-7-9-21)19-10-12-20(13-11-19)27(2)3/h10-17,21,25H,5-9H2,1-4H3. The molecule has 6 nitrogen and oxygen atoms in total. The van der Waals surface area contributed by atoms with E-state index in [2.05, 4.69) is 34.1 Å².